The molecule has 34 heavy (non-hydrogen) atoms. The fraction of sp³-hybridized carbons (Fsp3) is 0.308. The van der Waals surface area contributed by atoms with E-state index >= 15 is 0 Å². The highest BCUT2D eigenvalue weighted by Gasteiger charge is 2.49. The molecule has 3 aromatic rings. The monoisotopic (exact) mass is 461 g/mol. The number of primary amides is 1. The molecule has 2 N–H and O–H groups in total. The molecule has 2 heterocycles. The zero-order valence-electron chi connectivity index (χ0n) is 19.8. The number of nitrogens with two attached hydrogens (primary N) is 1. The molecule has 4 rings (SSSR count). The van der Waals surface area contributed by atoms with E-state index in [1.165, 1.54) is 4.90 Å². The van der Waals surface area contributed by atoms with E-state index in [0.29, 0.717) is 22.5 Å². The van der Waals surface area contributed by atoms with Crippen LogP contribution in [-0.2, 0) is 4.74 Å². The minimum atomic E-state index is -0.995. The minimum absolute atomic E-state index is 0.327. The predicted octanol–water partition coefficient (Wildman–Crippen LogP) is 4.81. The van der Waals surface area contributed by atoms with E-state index in [0.717, 1.165) is 16.8 Å². The van der Waals surface area contributed by atoms with Gasteiger partial charge in [0.2, 0.25) is 0 Å². The fourth-order valence-electron chi connectivity index (χ4n) is 4.61. The summed E-state index contributed by atoms with van der Waals surface area (Å²) in [6, 6.07) is 13.2. The Hall–Kier alpha value is -3.94. The molecule has 0 aliphatic carbocycles. The molecule has 8 nitrogen and oxygen atoms in total. The van der Waals surface area contributed by atoms with Crippen LogP contribution in [0.3, 0.4) is 0 Å². The van der Waals surface area contributed by atoms with Gasteiger partial charge in [-0.3, -0.25) is 14.5 Å². The van der Waals surface area contributed by atoms with Crippen LogP contribution >= 0.6 is 0 Å². The molecule has 1 aliphatic heterocycles. The van der Waals surface area contributed by atoms with Crippen LogP contribution in [0.2, 0.25) is 0 Å². The van der Waals surface area contributed by atoms with E-state index < -0.39 is 35.5 Å². The zero-order valence-corrected chi connectivity index (χ0v) is 19.8. The first-order chi connectivity index (χ1) is 16.0. The lowest BCUT2D eigenvalue weighted by Crippen LogP contribution is -2.51. The molecule has 1 aromatic heterocycles. The average molecular weight is 462 g/mol. The summed E-state index contributed by atoms with van der Waals surface area (Å²) in [6.45, 7) is 9.35. The van der Waals surface area contributed by atoms with Crippen LogP contribution in [0, 0.1) is 19.3 Å². The van der Waals surface area contributed by atoms with Crippen molar-refractivity contribution in [2.45, 2.75) is 46.8 Å². The Labute approximate surface area is 197 Å². The van der Waals surface area contributed by atoms with E-state index in [4.69, 9.17) is 15.0 Å². The summed E-state index contributed by atoms with van der Waals surface area (Å²) in [7, 11) is 0. The molecule has 0 saturated carbocycles. The minimum Gasteiger partial charge on any atom is -0.439 e. The van der Waals surface area contributed by atoms with Gasteiger partial charge in [0.1, 0.15) is 5.76 Å². The Morgan fingerprint density at radius 1 is 1.00 bits per heavy atom. The maximum atomic E-state index is 13.3. The van der Waals surface area contributed by atoms with E-state index in [1.807, 2.05) is 46.8 Å². The second-order valence-corrected chi connectivity index (χ2v) is 9.52. The Morgan fingerprint density at radius 3 is 2.00 bits per heavy atom. The zero-order chi connectivity index (χ0) is 24.8. The van der Waals surface area contributed by atoms with Gasteiger partial charge in [-0.25, -0.2) is 4.79 Å². The van der Waals surface area contributed by atoms with Gasteiger partial charge in [-0.15, -0.1) is 0 Å². The highest BCUT2D eigenvalue weighted by Crippen LogP contribution is 2.41. The van der Waals surface area contributed by atoms with Gasteiger partial charge < -0.3 is 15.0 Å². The van der Waals surface area contributed by atoms with Crippen molar-refractivity contribution in [3.8, 4) is 11.1 Å². The van der Waals surface area contributed by atoms with Crippen molar-refractivity contribution >= 4 is 17.9 Å². The molecule has 0 spiro atoms. The van der Waals surface area contributed by atoms with Crippen LogP contribution in [0.1, 0.15) is 64.6 Å². The lowest BCUT2D eigenvalue weighted by atomic mass is 9.79. The van der Waals surface area contributed by atoms with Gasteiger partial charge in [0.25, 0.3) is 11.8 Å². The predicted molar refractivity (Wildman–Crippen MR) is 125 cm³/mol. The van der Waals surface area contributed by atoms with Crippen LogP contribution in [0.25, 0.3) is 11.1 Å². The normalized spacial score (nSPS) is 15.3. The number of carbonyl (C=O) groups is 3. The number of aryl methyl sites for hydroxylation is 2. The molecule has 2 atom stereocenters. The molecule has 176 valence electrons. The van der Waals surface area contributed by atoms with Crippen LogP contribution in [0.5, 0.6) is 0 Å². The standard InChI is InChI=1S/C26H27N3O5/c1-14-20(15(2)34-28-14)16-10-12-17(13-11-16)21(33-25(27)32)22(26(3,4)5)29-23(30)18-8-6-7-9-19(18)24(29)31/h6-13,21-22H,1-5H3,(H2,27,32)/t21-,22?/m1/s1. The summed E-state index contributed by atoms with van der Waals surface area (Å²) in [5.41, 5.74) is 8.57. The summed E-state index contributed by atoms with van der Waals surface area (Å²) in [4.78, 5) is 39.8. The van der Waals surface area contributed by atoms with Crippen molar-refractivity contribution in [3.63, 3.8) is 0 Å². The lowest BCUT2D eigenvalue weighted by molar-refractivity contribution is -0.00617. The maximum Gasteiger partial charge on any atom is 0.405 e. The summed E-state index contributed by atoms with van der Waals surface area (Å²) in [5, 5.41) is 4.00. The van der Waals surface area contributed by atoms with E-state index in [9.17, 15) is 14.4 Å². The van der Waals surface area contributed by atoms with E-state index in [-0.39, 0.29) is 0 Å². The third-order valence-corrected chi connectivity index (χ3v) is 6.08. The molecule has 0 saturated heterocycles. The van der Waals surface area contributed by atoms with Gasteiger partial charge in [-0.05, 0) is 42.5 Å². The molecule has 0 bridgehead atoms. The number of amides is 3. The van der Waals surface area contributed by atoms with Crippen molar-refractivity contribution in [3.05, 3.63) is 76.7 Å². The molecular weight excluding hydrogens is 434 g/mol. The van der Waals surface area contributed by atoms with Gasteiger partial charge in [0, 0.05) is 5.56 Å². The number of nitrogens with zero attached hydrogens (tertiary/aromatic N) is 2. The lowest BCUT2D eigenvalue weighted by Gasteiger charge is -2.41. The largest absolute Gasteiger partial charge is 0.439 e. The second-order valence-electron chi connectivity index (χ2n) is 9.52. The number of carbonyl (C=O) groups excluding carboxylic acids is 3. The second kappa shape index (κ2) is 8.44. The Bertz CT molecular complexity index is 1220. The number of benzene rings is 2. The molecule has 3 amide bonds. The Morgan fingerprint density at radius 2 is 1.56 bits per heavy atom. The van der Waals surface area contributed by atoms with Crippen LogP contribution in [0.15, 0.2) is 53.1 Å². The number of ether oxygens (including phenoxy) is 1. The third kappa shape index (κ3) is 3.96. The first-order valence-corrected chi connectivity index (χ1v) is 11.0. The summed E-state index contributed by atoms with van der Waals surface area (Å²) in [5.74, 6) is -0.161. The van der Waals surface area contributed by atoms with Crippen molar-refractivity contribution in [1.29, 1.82) is 0 Å². The fourth-order valence-corrected chi connectivity index (χ4v) is 4.61. The van der Waals surface area contributed by atoms with Crippen LogP contribution in [0.4, 0.5) is 4.79 Å². The topological polar surface area (TPSA) is 116 Å². The van der Waals surface area contributed by atoms with Gasteiger partial charge in [0.05, 0.1) is 22.9 Å². The SMILES string of the molecule is Cc1noc(C)c1-c1ccc([C@@H](OC(N)=O)C(N2C(=O)c3ccccc3C2=O)C(C)(C)C)cc1. The molecule has 2 aromatic carbocycles. The van der Waals surface area contributed by atoms with Crippen molar-refractivity contribution in [1.82, 2.24) is 10.1 Å². The van der Waals surface area contributed by atoms with Gasteiger partial charge in [0.15, 0.2) is 6.10 Å². The molecule has 8 heteroatoms. The van der Waals surface area contributed by atoms with Crippen molar-refractivity contribution in [2.24, 2.45) is 11.1 Å². The summed E-state index contributed by atoms with van der Waals surface area (Å²) < 4.78 is 10.8. The van der Waals surface area contributed by atoms with E-state index in [2.05, 4.69) is 5.16 Å². The van der Waals surface area contributed by atoms with Gasteiger partial charge >= 0.3 is 6.09 Å². The number of imide groups is 1. The molecule has 0 fully saturated rings. The molecule has 1 unspecified atom stereocenters. The number of rotatable bonds is 5. The number of hydrogen-bond acceptors (Lipinski definition) is 6. The van der Waals surface area contributed by atoms with E-state index in [1.54, 1.807) is 36.4 Å². The number of aromatic nitrogens is 1. The van der Waals surface area contributed by atoms with Crippen molar-refractivity contribution in [2.75, 3.05) is 0 Å². The summed E-state index contributed by atoms with van der Waals surface area (Å²) in [6.07, 6.45) is -1.97. The third-order valence-electron chi connectivity index (χ3n) is 6.08. The molecule has 1 aliphatic rings. The average Bonchev–Trinajstić information content (AvgIpc) is 3.23. The van der Waals surface area contributed by atoms with Crippen molar-refractivity contribution < 1.29 is 23.6 Å². The van der Waals surface area contributed by atoms with Gasteiger partial charge in [-0.2, -0.15) is 0 Å². The Kier molecular flexibility index (Phi) is 5.77. The molecule has 0 radical (unpaired) electrons. The highest BCUT2D eigenvalue weighted by atomic mass is 16.6. The number of hydrogen-bond donors (Lipinski definition) is 1. The van der Waals surface area contributed by atoms with Crippen LogP contribution < -0.4 is 5.73 Å². The highest BCUT2D eigenvalue weighted by molar-refractivity contribution is 6.21. The number of fused-ring (bicyclic) bond motifs is 1. The smallest absolute Gasteiger partial charge is 0.405 e. The molecular formula is C26H27N3O5. The first-order valence-electron chi connectivity index (χ1n) is 11.0. The first kappa shape index (κ1) is 23.2. The van der Waals surface area contributed by atoms with Crippen LogP contribution in [-0.4, -0.2) is 34.0 Å². The Balaban J connectivity index is 1.79. The summed E-state index contributed by atoms with van der Waals surface area (Å²) >= 11 is 0. The maximum absolute atomic E-state index is 13.3. The quantitative estimate of drug-likeness (QED) is 0.545. The van der Waals surface area contributed by atoms with Gasteiger partial charge in [-0.1, -0.05) is 62.3 Å².